The third kappa shape index (κ3) is 3.97. The SMILES string of the molecule is C=CCc1c(CO[Si](C)(C)C(C)(C)C)cccc1OC. The second-order valence-corrected chi connectivity index (χ2v) is 11.4. The van der Waals surface area contributed by atoms with Gasteiger partial charge in [-0.25, -0.2) is 0 Å². The molecule has 0 saturated carbocycles. The van der Waals surface area contributed by atoms with Crippen molar-refractivity contribution in [2.45, 2.75) is 51.9 Å². The fourth-order valence-corrected chi connectivity index (χ4v) is 2.74. The second-order valence-electron chi connectivity index (χ2n) is 6.64. The lowest BCUT2D eigenvalue weighted by Gasteiger charge is -2.36. The Balaban J connectivity index is 2.96. The zero-order chi connectivity index (χ0) is 15.4. The van der Waals surface area contributed by atoms with Gasteiger partial charge in [0.05, 0.1) is 13.7 Å². The summed E-state index contributed by atoms with van der Waals surface area (Å²) in [5.41, 5.74) is 2.39. The highest BCUT2D eigenvalue weighted by Gasteiger charge is 2.37. The van der Waals surface area contributed by atoms with Crippen molar-refractivity contribution in [2.75, 3.05) is 7.11 Å². The van der Waals surface area contributed by atoms with Crippen molar-refractivity contribution < 1.29 is 9.16 Å². The van der Waals surface area contributed by atoms with Crippen LogP contribution in [0.25, 0.3) is 0 Å². The van der Waals surface area contributed by atoms with Crippen LogP contribution in [0.1, 0.15) is 31.9 Å². The molecule has 3 heteroatoms. The number of allylic oxidation sites excluding steroid dienone is 1. The lowest BCUT2D eigenvalue weighted by molar-refractivity contribution is 0.274. The molecular formula is C17H28O2Si. The minimum absolute atomic E-state index is 0.227. The largest absolute Gasteiger partial charge is 0.496 e. The van der Waals surface area contributed by atoms with Crippen LogP contribution in [0.2, 0.25) is 18.1 Å². The van der Waals surface area contributed by atoms with Gasteiger partial charge in [-0.3, -0.25) is 0 Å². The van der Waals surface area contributed by atoms with Gasteiger partial charge in [0.2, 0.25) is 0 Å². The molecule has 0 aliphatic heterocycles. The summed E-state index contributed by atoms with van der Waals surface area (Å²) >= 11 is 0. The van der Waals surface area contributed by atoms with Crippen LogP contribution < -0.4 is 4.74 Å². The average molecular weight is 292 g/mol. The minimum Gasteiger partial charge on any atom is -0.496 e. The van der Waals surface area contributed by atoms with Crippen molar-refractivity contribution in [2.24, 2.45) is 0 Å². The van der Waals surface area contributed by atoms with Gasteiger partial charge in [0, 0.05) is 5.56 Å². The Bertz CT molecular complexity index is 459. The lowest BCUT2D eigenvalue weighted by atomic mass is 10.0. The zero-order valence-electron chi connectivity index (χ0n) is 13.7. The van der Waals surface area contributed by atoms with Gasteiger partial charge >= 0.3 is 0 Å². The van der Waals surface area contributed by atoms with Crippen molar-refractivity contribution >= 4 is 8.32 Å². The fraction of sp³-hybridized carbons (Fsp3) is 0.529. The summed E-state index contributed by atoms with van der Waals surface area (Å²) < 4.78 is 11.8. The first-order chi connectivity index (χ1) is 9.23. The standard InChI is InChI=1S/C17H28O2Si/c1-8-10-15-14(11-9-12-16(15)18-5)13-19-20(6,7)17(2,3)4/h8-9,11-12H,1,10,13H2,2-7H3. The quantitative estimate of drug-likeness (QED) is 0.546. The molecule has 0 aromatic heterocycles. The summed E-state index contributed by atoms with van der Waals surface area (Å²) in [4.78, 5) is 0. The van der Waals surface area contributed by atoms with E-state index in [1.54, 1.807) is 7.11 Å². The van der Waals surface area contributed by atoms with Crippen molar-refractivity contribution in [3.63, 3.8) is 0 Å². The molecular weight excluding hydrogens is 264 g/mol. The van der Waals surface area contributed by atoms with Crippen LogP contribution in [-0.4, -0.2) is 15.4 Å². The highest BCUT2D eigenvalue weighted by molar-refractivity contribution is 6.74. The first-order valence-corrected chi connectivity index (χ1v) is 10.0. The summed E-state index contributed by atoms with van der Waals surface area (Å²) in [6.45, 7) is 15.8. The van der Waals surface area contributed by atoms with Gasteiger partial charge in [0.15, 0.2) is 8.32 Å². The molecule has 0 atom stereocenters. The van der Waals surface area contributed by atoms with Crippen LogP contribution in [0.5, 0.6) is 5.75 Å². The summed E-state index contributed by atoms with van der Waals surface area (Å²) in [5.74, 6) is 0.918. The Morgan fingerprint density at radius 2 is 1.90 bits per heavy atom. The molecule has 0 amide bonds. The molecule has 20 heavy (non-hydrogen) atoms. The third-order valence-corrected chi connectivity index (χ3v) is 8.67. The maximum atomic E-state index is 6.32. The van der Waals surface area contributed by atoms with E-state index in [1.165, 1.54) is 11.1 Å². The lowest BCUT2D eigenvalue weighted by Crippen LogP contribution is -2.40. The molecule has 0 bridgehead atoms. The molecule has 1 aromatic carbocycles. The molecule has 0 heterocycles. The van der Waals surface area contributed by atoms with Crippen molar-refractivity contribution in [1.82, 2.24) is 0 Å². The van der Waals surface area contributed by atoms with Crippen LogP contribution in [0.4, 0.5) is 0 Å². The highest BCUT2D eigenvalue weighted by atomic mass is 28.4. The Labute approximate surface area is 124 Å². The molecule has 0 aliphatic rings. The molecule has 0 spiro atoms. The molecule has 1 rings (SSSR count). The first kappa shape index (κ1) is 17.0. The molecule has 0 radical (unpaired) electrons. The number of ether oxygens (including phenoxy) is 1. The predicted molar refractivity (Wildman–Crippen MR) is 88.9 cm³/mol. The van der Waals surface area contributed by atoms with E-state index >= 15 is 0 Å². The number of rotatable bonds is 6. The van der Waals surface area contributed by atoms with E-state index in [-0.39, 0.29) is 5.04 Å². The fourth-order valence-electron chi connectivity index (χ4n) is 1.79. The summed E-state index contributed by atoms with van der Waals surface area (Å²) in [7, 11) is -0.0191. The van der Waals surface area contributed by atoms with Gasteiger partial charge in [-0.1, -0.05) is 39.0 Å². The van der Waals surface area contributed by atoms with Gasteiger partial charge in [0.1, 0.15) is 5.75 Å². The Morgan fingerprint density at radius 3 is 2.40 bits per heavy atom. The van der Waals surface area contributed by atoms with Crippen molar-refractivity contribution in [3.05, 3.63) is 42.0 Å². The van der Waals surface area contributed by atoms with E-state index in [1.807, 2.05) is 18.2 Å². The molecule has 0 fully saturated rings. The van der Waals surface area contributed by atoms with E-state index in [0.29, 0.717) is 6.61 Å². The predicted octanol–water partition coefficient (Wildman–Crippen LogP) is 4.95. The maximum absolute atomic E-state index is 6.32. The third-order valence-electron chi connectivity index (χ3n) is 4.19. The zero-order valence-corrected chi connectivity index (χ0v) is 14.7. The Morgan fingerprint density at radius 1 is 1.25 bits per heavy atom. The van der Waals surface area contributed by atoms with Crippen LogP contribution in [0.15, 0.2) is 30.9 Å². The summed E-state index contributed by atoms with van der Waals surface area (Å²) in [6.07, 6.45) is 2.72. The number of hydrogen-bond donors (Lipinski definition) is 0. The van der Waals surface area contributed by atoms with E-state index in [4.69, 9.17) is 9.16 Å². The van der Waals surface area contributed by atoms with Crippen LogP contribution in [0.3, 0.4) is 0 Å². The molecule has 112 valence electrons. The van der Waals surface area contributed by atoms with Gasteiger partial charge in [-0.05, 0) is 36.2 Å². The molecule has 1 aromatic rings. The average Bonchev–Trinajstić information content (AvgIpc) is 2.36. The number of benzene rings is 1. The monoisotopic (exact) mass is 292 g/mol. The maximum Gasteiger partial charge on any atom is 0.192 e. The normalized spacial score (nSPS) is 12.3. The first-order valence-electron chi connectivity index (χ1n) is 7.12. The molecule has 0 N–H and O–H groups in total. The topological polar surface area (TPSA) is 18.5 Å². The van der Waals surface area contributed by atoms with Crippen molar-refractivity contribution in [1.29, 1.82) is 0 Å². The van der Waals surface area contributed by atoms with E-state index in [9.17, 15) is 0 Å². The van der Waals surface area contributed by atoms with Crippen molar-refractivity contribution in [3.8, 4) is 5.75 Å². The van der Waals surface area contributed by atoms with Gasteiger partial charge in [0.25, 0.3) is 0 Å². The van der Waals surface area contributed by atoms with Gasteiger partial charge < -0.3 is 9.16 Å². The van der Waals surface area contributed by atoms with Gasteiger partial charge in [-0.2, -0.15) is 0 Å². The minimum atomic E-state index is -1.73. The van der Waals surface area contributed by atoms with Crippen LogP contribution >= 0.6 is 0 Å². The molecule has 0 unspecified atom stereocenters. The Hall–Kier alpha value is -1.06. The summed E-state index contributed by atoms with van der Waals surface area (Å²) in [6, 6.07) is 6.14. The molecule has 0 aliphatic carbocycles. The Kier molecular flexibility index (Phi) is 5.60. The second kappa shape index (κ2) is 6.59. The molecule has 2 nitrogen and oxygen atoms in total. The highest BCUT2D eigenvalue weighted by Crippen LogP contribution is 2.37. The molecule has 0 saturated heterocycles. The number of hydrogen-bond acceptors (Lipinski definition) is 2. The van der Waals surface area contributed by atoms with E-state index in [0.717, 1.165) is 12.2 Å². The smallest absolute Gasteiger partial charge is 0.192 e. The number of methoxy groups -OCH3 is 1. The van der Waals surface area contributed by atoms with E-state index in [2.05, 4.69) is 46.5 Å². The van der Waals surface area contributed by atoms with Crippen LogP contribution in [-0.2, 0) is 17.5 Å². The van der Waals surface area contributed by atoms with E-state index < -0.39 is 8.32 Å². The summed E-state index contributed by atoms with van der Waals surface area (Å²) in [5, 5.41) is 0.227. The van der Waals surface area contributed by atoms with Gasteiger partial charge in [-0.15, -0.1) is 6.58 Å². The van der Waals surface area contributed by atoms with Crippen LogP contribution in [0, 0.1) is 0 Å².